The molecular weight excluding hydrogens is 598 g/mol. The van der Waals surface area contributed by atoms with Gasteiger partial charge in [0.2, 0.25) is 17.6 Å². The largest absolute Gasteiger partial charge is 0.363 e. The van der Waals surface area contributed by atoms with E-state index in [9.17, 15) is 32.4 Å². The van der Waals surface area contributed by atoms with Gasteiger partial charge < -0.3 is 26.6 Å². The molecule has 1 heterocycles. The average molecular weight is 654 g/mol. The predicted octanol–water partition coefficient (Wildman–Crippen LogP) is 2.44. The number of nitrogens with two attached hydrogens (primary N) is 1. The molecule has 256 valence electrons. The molecule has 5 atom stereocenters. The summed E-state index contributed by atoms with van der Waals surface area (Å²) in [5.74, 6) is -3.28. The lowest BCUT2D eigenvalue weighted by molar-refractivity contribution is -0.145. The predicted molar refractivity (Wildman–Crippen MR) is 172 cm³/mol. The highest BCUT2D eigenvalue weighted by molar-refractivity contribution is 7.92. The normalized spacial score (nSPS) is 25.4. The quantitative estimate of drug-likeness (QED) is 0.247. The number of amides is 5. The van der Waals surface area contributed by atoms with Crippen molar-refractivity contribution in [3.63, 3.8) is 0 Å². The van der Waals surface area contributed by atoms with E-state index in [1.54, 1.807) is 20.8 Å². The van der Waals surface area contributed by atoms with Gasteiger partial charge in [0.05, 0.1) is 22.1 Å². The van der Waals surface area contributed by atoms with E-state index in [0.717, 1.165) is 19.3 Å². The van der Waals surface area contributed by atoms with Crippen LogP contribution in [0.4, 0.5) is 4.79 Å². The zero-order valence-electron chi connectivity index (χ0n) is 28.5. The molecule has 0 aromatic carbocycles. The van der Waals surface area contributed by atoms with Crippen LogP contribution in [0.3, 0.4) is 0 Å². The summed E-state index contributed by atoms with van der Waals surface area (Å²) in [6.45, 7) is 16.6. The highest BCUT2D eigenvalue weighted by Gasteiger charge is 2.70. The number of nitrogens with one attached hydrogen (secondary N) is 3. The molecule has 5 amide bonds. The Labute approximate surface area is 268 Å². The summed E-state index contributed by atoms with van der Waals surface area (Å²) in [5.41, 5.74) is 3.31. The number of carbonyl (C=O) groups is 5. The van der Waals surface area contributed by atoms with Crippen molar-refractivity contribution in [3.05, 3.63) is 0 Å². The smallest absolute Gasteiger partial charge is 0.315 e. The van der Waals surface area contributed by atoms with Crippen molar-refractivity contribution in [2.75, 3.05) is 12.3 Å². The molecule has 4 unspecified atom stereocenters. The minimum atomic E-state index is -3.56. The van der Waals surface area contributed by atoms with Crippen molar-refractivity contribution in [1.82, 2.24) is 20.9 Å². The summed E-state index contributed by atoms with van der Waals surface area (Å²) in [7, 11) is -3.56. The molecule has 2 saturated carbocycles. The number of hydrogen-bond donors (Lipinski definition) is 4. The molecule has 0 aromatic heterocycles. The van der Waals surface area contributed by atoms with Gasteiger partial charge in [0.1, 0.15) is 12.1 Å². The highest BCUT2D eigenvalue weighted by atomic mass is 32.2. The summed E-state index contributed by atoms with van der Waals surface area (Å²) >= 11 is 0. The van der Waals surface area contributed by atoms with E-state index in [1.807, 2.05) is 41.5 Å². The van der Waals surface area contributed by atoms with Crippen molar-refractivity contribution in [3.8, 4) is 0 Å². The Morgan fingerprint density at radius 2 is 1.53 bits per heavy atom. The Kier molecular flexibility index (Phi) is 10.5. The minimum Gasteiger partial charge on any atom is -0.363 e. The van der Waals surface area contributed by atoms with Crippen LogP contribution in [0.5, 0.6) is 0 Å². The van der Waals surface area contributed by atoms with Gasteiger partial charge in [0.15, 0.2) is 9.84 Å². The van der Waals surface area contributed by atoms with E-state index in [4.69, 9.17) is 5.73 Å². The number of Topliss-reactive ketones (excluding diaryl/α,β-unsaturated/α-hetero) is 1. The fourth-order valence-electron chi connectivity index (χ4n) is 7.14. The monoisotopic (exact) mass is 653 g/mol. The fourth-order valence-corrected chi connectivity index (χ4v) is 8.66. The molecule has 2 aliphatic carbocycles. The summed E-state index contributed by atoms with van der Waals surface area (Å²) in [5, 5.41) is 8.52. The zero-order valence-corrected chi connectivity index (χ0v) is 29.4. The third-order valence-corrected chi connectivity index (χ3v) is 13.0. The van der Waals surface area contributed by atoms with Crippen molar-refractivity contribution < 1.29 is 32.4 Å². The minimum absolute atomic E-state index is 0.0521. The van der Waals surface area contributed by atoms with E-state index < -0.39 is 73.2 Å². The van der Waals surface area contributed by atoms with Gasteiger partial charge in [-0.25, -0.2) is 13.2 Å². The molecule has 45 heavy (non-hydrogen) atoms. The number of primary amides is 1. The second kappa shape index (κ2) is 12.8. The average Bonchev–Trinajstić information content (AvgIpc) is 3.21. The number of nitrogens with zero attached hydrogens (tertiary/aromatic N) is 1. The summed E-state index contributed by atoms with van der Waals surface area (Å²) in [6.07, 6.45) is 4.29. The van der Waals surface area contributed by atoms with Gasteiger partial charge >= 0.3 is 6.03 Å². The standard InChI is InChI=1S/C32H55N5O7S/c1-10-14-20(23(38)25(33)39)34-26(40)22-21-19(31(21,8)9)17-37(22)27(41)24(29(2,3)4)35-28(42)36-32(15-12-11-13-16-32)18-45(43,44)30(5,6)7/h19-22,24H,10-18H2,1-9H3,(H2,33,39)(H,34,40)(H2,35,36,42)/t19?,20?,21?,22?,24-/m1/s1. The number of carbonyl (C=O) groups excluding carboxylic acids is 5. The molecule has 12 nitrogen and oxygen atoms in total. The first-order valence-corrected chi connectivity index (χ1v) is 17.9. The van der Waals surface area contributed by atoms with E-state index in [1.165, 1.54) is 4.90 Å². The molecule has 0 aromatic rings. The molecule has 0 spiro atoms. The lowest BCUT2D eigenvalue weighted by Gasteiger charge is -2.41. The number of sulfone groups is 1. The maximum atomic E-state index is 14.3. The van der Waals surface area contributed by atoms with Crippen molar-refractivity contribution in [2.45, 2.75) is 136 Å². The fraction of sp³-hybridized carbons (Fsp3) is 0.844. The van der Waals surface area contributed by atoms with Crippen LogP contribution in [-0.2, 0) is 29.0 Å². The highest BCUT2D eigenvalue weighted by Crippen LogP contribution is 2.65. The van der Waals surface area contributed by atoms with Crippen molar-refractivity contribution in [1.29, 1.82) is 0 Å². The van der Waals surface area contributed by atoms with Gasteiger partial charge in [-0.2, -0.15) is 0 Å². The Bertz CT molecular complexity index is 1290. The van der Waals surface area contributed by atoms with Crippen LogP contribution in [0.1, 0.15) is 107 Å². The first-order valence-electron chi connectivity index (χ1n) is 16.2. The number of likely N-dealkylation sites (tertiary alicyclic amines) is 1. The van der Waals surface area contributed by atoms with E-state index in [2.05, 4.69) is 16.0 Å². The van der Waals surface area contributed by atoms with Gasteiger partial charge in [0.25, 0.3) is 5.91 Å². The summed E-state index contributed by atoms with van der Waals surface area (Å²) in [4.78, 5) is 67.2. The van der Waals surface area contributed by atoms with E-state index >= 15 is 0 Å². The molecule has 13 heteroatoms. The van der Waals surface area contributed by atoms with Gasteiger partial charge in [-0.15, -0.1) is 0 Å². The van der Waals surface area contributed by atoms with Crippen molar-refractivity contribution >= 4 is 39.4 Å². The maximum Gasteiger partial charge on any atom is 0.315 e. The number of urea groups is 1. The number of rotatable bonds is 11. The second-order valence-electron chi connectivity index (χ2n) is 16.1. The van der Waals surface area contributed by atoms with Crippen LogP contribution >= 0.6 is 0 Å². The van der Waals surface area contributed by atoms with Crippen LogP contribution in [-0.4, -0.2) is 83.6 Å². The van der Waals surface area contributed by atoms with Crippen LogP contribution < -0.4 is 21.7 Å². The number of hydrogen-bond acceptors (Lipinski definition) is 7. The van der Waals surface area contributed by atoms with Crippen LogP contribution in [0.2, 0.25) is 0 Å². The summed E-state index contributed by atoms with van der Waals surface area (Å²) < 4.78 is 25.5. The molecular formula is C32H55N5O7S. The maximum absolute atomic E-state index is 14.3. The zero-order chi connectivity index (χ0) is 34.3. The SMILES string of the molecule is CCCC(NC(=O)C1C2C(CN1C(=O)[C@@H](NC(=O)NC1(CS(=O)(=O)C(C)(C)C)CCCCC1)C(C)(C)C)C2(C)C)C(=O)C(N)=O. The van der Waals surface area contributed by atoms with Crippen LogP contribution in [0, 0.1) is 22.7 Å². The first kappa shape index (κ1) is 36.8. The Morgan fingerprint density at radius 1 is 0.956 bits per heavy atom. The molecule has 0 radical (unpaired) electrons. The third-order valence-electron chi connectivity index (χ3n) is 10.2. The van der Waals surface area contributed by atoms with Gasteiger partial charge in [-0.05, 0) is 62.7 Å². The second-order valence-corrected chi connectivity index (χ2v) is 18.8. The summed E-state index contributed by atoms with van der Waals surface area (Å²) in [6, 6.07) is -3.65. The van der Waals surface area contributed by atoms with Crippen LogP contribution in [0.25, 0.3) is 0 Å². The van der Waals surface area contributed by atoms with Crippen LogP contribution in [0.15, 0.2) is 0 Å². The van der Waals surface area contributed by atoms with Gasteiger partial charge in [-0.3, -0.25) is 19.2 Å². The molecule has 3 fully saturated rings. The molecule has 0 bridgehead atoms. The van der Waals surface area contributed by atoms with E-state index in [0.29, 0.717) is 25.8 Å². The topological polar surface area (TPSA) is 185 Å². The molecule has 3 rings (SSSR count). The molecule has 3 aliphatic rings. The molecule has 1 aliphatic heterocycles. The lowest BCUT2D eigenvalue weighted by Crippen LogP contribution is -2.64. The number of piperidine rings is 1. The number of fused-ring (bicyclic) bond motifs is 1. The van der Waals surface area contributed by atoms with Gasteiger partial charge in [-0.1, -0.05) is 67.2 Å². The van der Waals surface area contributed by atoms with E-state index in [-0.39, 0.29) is 29.4 Å². The molecule has 1 saturated heterocycles. The number of ketones is 1. The first-order chi connectivity index (χ1) is 20.5. The Balaban J connectivity index is 1.86. The van der Waals surface area contributed by atoms with Crippen molar-refractivity contribution in [2.24, 2.45) is 28.4 Å². The molecule has 5 N–H and O–H groups in total. The Hall–Kier alpha value is -2.70. The third kappa shape index (κ3) is 7.82. The van der Waals surface area contributed by atoms with Gasteiger partial charge in [0, 0.05) is 6.54 Å². The lowest BCUT2D eigenvalue weighted by atomic mass is 9.83. The Morgan fingerprint density at radius 3 is 2.02 bits per heavy atom.